The first-order chi connectivity index (χ1) is 12.0. The largest absolute Gasteiger partial charge is 0.534 e. The third-order valence-electron chi connectivity index (χ3n) is 3.35. The fourth-order valence-corrected chi connectivity index (χ4v) is 2.67. The van der Waals surface area contributed by atoms with Crippen molar-refractivity contribution < 1.29 is 40.1 Å². The van der Waals surface area contributed by atoms with Gasteiger partial charge < -0.3 is 13.8 Å². The number of allylic oxidation sites excluding steroid dienone is 1. The molecule has 1 amide bonds. The van der Waals surface area contributed by atoms with Gasteiger partial charge >= 0.3 is 21.7 Å². The molecular formula is C16H22F3NO6S. The molecule has 0 fully saturated rings. The van der Waals surface area contributed by atoms with Gasteiger partial charge in [0.2, 0.25) is 0 Å². The molecular weight excluding hydrogens is 391 g/mol. The molecule has 154 valence electrons. The lowest BCUT2D eigenvalue weighted by Crippen LogP contribution is -2.46. The second-order valence-electron chi connectivity index (χ2n) is 7.04. The number of amides is 1. The van der Waals surface area contributed by atoms with Crippen LogP contribution < -0.4 is 0 Å². The summed E-state index contributed by atoms with van der Waals surface area (Å²) < 4.78 is 70.1. The molecule has 1 rings (SSSR count). The number of rotatable bonds is 4. The van der Waals surface area contributed by atoms with E-state index in [9.17, 15) is 31.2 Å². The van der Waals surface area contributed by atoms with Crippen molar-refractivity contribution in [3.63, 3.8) is 0 Å². The smallest absolute Gasteiger partial charge is 0.444 e. The highest BCUT2D eigenvalue weighted by Gasteiger charge is 2.49. The van der Waals surface area contributed by atoms with Gasteiger partial charge in [-0.2, -0.15) is 21.6 Å². The number of ether oxygens (including phenoxy) is 1. The van der Waals surface area contributed by atoms with Crippen molar-refractivity contribution >= 4 is 22.0 Å². The van der Waals surface area contributed by atoms with E-state index >= 15 is 0 Å². The lowest BCUT2D eigenvalue weighted by atomic mass is 10.0. The van der Waals surface area contributed by atoms with Crippen LogP contribution in [-0.2, 0) is 23.8 Å². The van der Waals surface area contributed by atoms with Crippen LogP contribution in [0.4, 0.5) is 18.0 Å². The molecule has 1 unspecified atom stereocenters. The van der Waals surface area contributed by atoms with Gasteiger partial charge in [0, 0.05) is 18.0 Å². The molecule has 1 aliphatic heterocycles. The number of carbonyl (C=O) groups excluding carboxylic acids is 2. The summed E-state index contributed by atoms with van der Waals surface area (Å²) in [4.78, 5) is 24.7. The number of carbonyl (C=O) groups is 2. The number of halogens is 3. The molecule has 0 aromatic heterocycles. The van der Waals surface area contributed by atoms with Gasteiger partial charge in [-0.25, -0.2) is 4.79 Å². The normalized spacial score (nSPS) is 19.4. The lowest BCUT2D eigenvalue weighted by Gasteiger charge is -2.36. The fourth-order valence-electron chi connectivity index (χ4n) is 2.13. The van der Waals surface area contributed by atoms with Gasteiger partial charge in [-0.1, -0.05) is 6.08 Å². The van der Waals surface area contributed by atoms with Crippen molar-refractivity contribution in [1.82, 2.24) is 4.90 Å². The van der Waals surface area contributed by atoms with Gasteiger partial charge in [-0.3, -0.25) is 4.79 Å². The molecule has 1 atom stereocenters. The quantitative estimate of drug-likeness (QED) is 0.399. The summed E-state index contributed by atoms with van der Waals surface area (Å²) in [5.74, 6) is -0.889. The van der Waals surface area contributed by atoms with Crippen molar-refractivity contribution in [2.75, 3.05) is 6.54 Å². The highest BCUT2D eigenvalue weighted by atomic mass is 32.2. The Morgan fingerprint density at radius 2 is 1.78 bits per heavy atom. The zero-order chi connectivity index (χ0) is 21.2. The summed E-state index contributed by atoms with van der Waals surface area (Å²) in [5.41, 5.74) is -6.44. The number of alkyl halides is 3. The van der Waals surface area contributed by atoms with Crippen molar-refractivity contribution in [3.05, 3.63) is 23.5 Å². The van der Waals surface area contributed by atoms with Crippen LogP contribution in [0.15, 0.2) is 23.5 Å². The zero-order valence-electron chi connectivity index (χ0n) is 15.6. The van der Waals surface area contributed by atoms with Gasteiger partial charge in [0.25, 0.3) is 0 Å². The second-order valence-corrected chi connectivity index (χ2v) is 8.57. The first-order valence-electron chi connectivity index (χ1n) is 7.94. The predicted molar refractivity (Wildman–Crippen MR) is 89.9 cm³/mol. The minimum absolute atomic E-state index is 0.0398. The Labute approximate surface area is 155 Å². The topological polar surface area (TPSA) is 90.0 Å². The lowest BCUT2D eigenvalue weighted by molar-refractivity contribution is -0.112. The summed E-state index contributed by atoms with van der Waals surface area (Å²) in [5, 5.41) is 0. The van der Waals surface area contributed by atoms with Gasteiger partial charge in [0.15, 0.2) is 5.78 Å². The van der Waals surface area contributed by atoms with E-state index in [1.807, 2.05) is 0 Å². The number of ketones is 1. The third kappa shape index (κ3) is 6.56. The highest BCUT2D eigenvalue weighted by molar-refractivity contribution is 7.87. The molecule has 0 aliphatic carbocycles. The molecule has 0 bridgehead atoms. The molecule has 0 N–H and O–H groups in total. The van der Waals surface area contributed by atoms with Crippen molar-refractivity contribution in [3.8, 4) is 0 Å². The van der Waals surface area contributed by atoms with Crippen LogP contribution in [0.5, 0.6) is 0 Å². The van der Waals surface area contributed by atoms with Crippen molar-refractivity contribution in [2.24, 2.45) is 0 Å². The minimum atomic E-state index is -5.87. The molecule has 0 spiro atoms. The average Bonchev–Trinajstić information content (AvgIpc) is 2.42. The standard InChI is InChI=1S/C16H22F3NO6S/c1-10-8-13(26-27(23,24)16(17,18)19)12(7-6-11(2)21)9-20(10)14(22)25-15(3,4)5/h6-7,10H,8-9H2,1-5H3/b7-6+. The summed E-state index contributed by atoms with van der Waals surface area (Å²) in [6, 6.07) is -0.687. The first-order valence-corrected chi connectivity index (χ1v) is 9.35. The number of hydrogen-bond acceptors (Lipinski definition) is 6. The van der Waals surface area contributed by atoms with Crippen LogP contribution in [0, 0.1) is 0 Å². The molecule has 7 nitrogen and oxygen atoms in total. The van der Waals surface area contributed by atoms with Crippen LogP contribution in [0.3, 0.4) is 0 Å². The van der Waals surface area contributed by atoms with E-state index in [4.69, 9.17) is 4.74 Å². The molecule has 0 aromatic carbocycles. The third-order valence-corrected chi connectivity index (χ3v) is 4.34. The molecule has 1 heterocycles. The molecule has 0 aromatic rings. The Bertz CT molecular complexity index is 762. The summed E-state index contributed by atoms with van der Waals surface area (Å²) in [6.07, 6.45) is 1.16. The molecule has 0 saturated heterocycles. The van der Waals surface area contributed by atoms with Crippen LogP contribution >= 0.6 is 0 Å². The van der Waals surface area contributed by atoms with Gasteiger partial charge in [-0.15, -0.1) is 0 Å². The minimum Gasteiger partial charge on any atom is -0.444 e. The molecule has 0 radical (unpaired) electrons. The average molecular weight is 413 g/mol. The Kier molecular flexibility index (Phi) is 6.74. The Balaban J connectivity index is 3.26. The first kappa shape index (κ1) is 23.0. The maximum atomic E-state index is 12.6. The molecule has 11 heteroatoms. The Morgan fingerprint density at radius 1 is 1.22 bits per heavy atom. The van der Waals surface area contributed by atoms with Gasteiger partial charge in [0.05, 0.1) is 6.54 Å². The van der Waals surface area contributed by atoms with E-state index in [2.05, 4.69) is 4.18 Å². The van der Waals surface area contributed by atoms with E-state index < -0.39 is 44.9 Å². The van der Waals surface area contributed by atoms with Crippen LogP contribution in [0.1, 0.15) is 41.0 Å². The molecule has 0 saturated carbocycles. The van der Waals surface area contributed by atoms with E-state index in [0.29, 0.717) is 0 Å². The van der Waals surface area contributed by atoms with E-state index in [-0.39, 0.29) is 18.5 Å². The summed E-state index contributed by atoms with van der Waals surface area (Å²) >= 11 is 0. The van der Waals surface area contributed by atoms with Gasteiger partial charge in [0.1, 0.15) is 11.4 Å². The molecule has 27 heavy (non-hydrogen) atoms. The molecule has 1 aliphatic rings. The van der Waals surface area contributed by atoms with E-state index in [0.717, 1.165) is 12.2 Å². The van der Waals surface area contributed by atoms with Crippen LogP contribution in [0.2, 0.25) is 0 Å². The monoisotopic (exact) mass is 413 g/mol. The maximum absolute atomic E-state index is 12.6. The Hall–Kier alpha value is -2.04. The highest BCUT2D eigenvalue weighted by Crippen LogP contribution is 2.32. The number of nitrogens with zero attached hydrogens (tertiary/aromatic N) is 1. The fraction of sp³-hybridized carbons (Fsp3) is 0.625. The second kappa shape index (κ2) is 7.91. The van der Waals surface area contributed by atoms with Gasteiger partial charge in [-0.05, 0) is 40.7 Å². The predicted octanol–water partition coefficient (Wildman–Crippen LogP) is 3.28. The zero-order valence-corrected chi connectivity index (χ0v) is 16.4. The van der Waals surface area contributed by atoms with E-state index in [1.165, 1.54) is 18.7 Å². The van der Waals surface area contributed by atoms with Crippen LogP contribution in [0.25, 0.3) is 0 Å². The SMILES string of the molecule is CC(=O)/C=C/C1=C(OS(=O)(=O)C(F)(F)F)CC(C)N(C(=O)OC(C)(C)C)C1. The Morgan fingerprint density at radius 3 is 2.22 bits per heavy atom. The van der Waals surface area contributed by atoms with Crippen molar-refractivity contribution in [2.45, 2.75) is 58.2 Å². The van der Waals surface area contributed by atoms with E-state index in [1.54, 1.807) is 20.8 Å². The van der Waals surface area contributed by atoms with Crippen LogP contribution in [-0.4, -0.2) is 48.9 Å². The van der Waals surface area contributed by atoms with Crippen molar-refractivity contribution in [1.29, 1.82) is 0 Å². The number of hydrogen-bond donors (Lipinski definition) is 0. The summed E-state index contributed by atoms with van der Waals surface area (Å²) in [7, 11) is -5.87. The maximum Gasteiger partial charge on any atom is 0.534 e. The summed E-state index contributed by atoms with van der Waals surface area (Å²) in [6.45, 7) is 7.39.